The Kier molecular flexibility index (Phi) is 4.34. The van der Waals surface area contributed by atoms with Crippen molar-refractivity contribution in [2.24, 2.45) is 0 Å². The van der Waals surface area contributed by atoms with E-state index in [1.165, 1.54) is 4.88 Å². The molecule has 0 radical (unpaired) electrons. The number of piperazine rings is 1. The Morgan fingerprint density at radius 1 is 1.41 bits per heavy atom. The number of thiophene rings is 1. The fourth-order valence-electron chi connectivity index (χ4n) is 2.00. The van der Waals surface area contributed by atoms with Gasteiger partial charge < -0.3 is 4.90 Å². The first-order valence-corrected chi connectivity index (χ1v) is 6.84. The van der Waals surface area contributed by atoms with Crippen LogP contribution in [0.3, 0.4) is 0 Å². The average molecular weight is 250 g/mol. The highest BCUT2D eigenvalue weighted by atomic mass is 32.1. The molecule has 92 valence electrons. The van der Waals surface area contributed by atoms with Crippen molar-refractivity contribution in [3.63, 3.8) is 0 Å². The predicted octanol–water partition coefficient (Wildman–Crippen LogP) is 1.97. The molecule has 17 heavy (non-hydrogen) atoms. The number of nitrogens with zero attached hydrogens (tertiary/aromatic N) is 2. The molecule has 1 aromatic rings. The fraction of sp³-hybridized carbons (Fsp3) is 0.462. The minimum atomic E-state index is 0.142. The quantitative estimate of drug-likeness (QED) is 0.766. The summed E-state index contributed by atoms with van der Waals surface area (Å²) in [6, 6.07) is 4.26. The van der Waals surface area contributed by atoms with Crippen molar-refractivity contribution >= 4 is 17.2 Å². The minimum absolute atomic E-state index is 0.142. The van der Waals surface area contributed by atoms with E-state index in [0.717, 1.165) is 32.7 Å². The second kappa shape index (κ2) is 5.98. The van der Waals surface area contributed by atoms with Gasteiger partial charge in [-0.3, -0.25) is 9.69 Å². The summed E-state index contributed by atoms with van der Waals surface area (Å²) in [6.07, 6.45) is 3.45. The van der Waals surface area contributed by atoms with E-state index < -0.39 is 0 Å². The van der Waals surface area contributed by atoms with Gasteiger partial charge in [-0.25, -0.2) is 0 Å². The third-order valence-electron chi connectivity index (χ3n) is 2.95. The van der Waals surface area contributed by atoms with Crippen LogP contribution < -0.4 is 0 Å². The van der Waals surface area contributed by atoms with Gasteiger partial charge in [0.15, 0.2) is 0 Å². The monoisotopic (exact) mass is 250 g/mol. The van der Waals surface area contributed by atoms with Gasteiger partial charge in [0.05, 0.1) is 0 Å². The maximum Gasteiger partial charge on any atom is 0.246 e. The van der Waals surface area contributed by atoms with E-state index in [-0.39, 0.29) is 5.91 Å². The van der Waals surface area contributed by atoms with Crippen LogP contribution in [0.2, 0.25) is 0 Å². The highest BCUT2D eigenvalue weighted by Crippen LogP contribution is 2.13. The van der Waals surface area contributed by atoms with Crippen LogP contribution in [0.25, 0.3) is 0 Å². The number of rotatable bonds is 3. The third-order valence-corrected chi connectivity index (χ3v) is 3.81. The Bertz CT molecular complexity index is 378. The Hall–Kier alpha value is -1.13. The maximum atomic E-state index is 11.6. The number of carbonyl (C=O) groups is 1. The molecule has 1 fully saturated rings. The van der Waals surface area contributed by atoms with Crippen molar-refractivity contribution in [3.05, 3.63) is 34.5 Å². The Labute approximate surface area is 106 Å². The maximum absolute atomic E-state index is 11.6. The number of amides is 1. The van der Waals surface area contributed by atoms with E-state index in [0.29, 0.717) is 0 Å². The zero-order chi connectivity index (χ0) is 12.1. The molecule has 4 heteroatoms. The molecule has 2 rings (SSSR count). The van der Waals surface area contributed by atoms with Crippen molar-refractivity contribution in [2.75, 3.05) is 26.2 Å². The Balaban J connectivity index is 1.80. The standard InChI is InChI=1S/C13H18N2OS/c1-2-4-13(16)15-8-6-14(7-9-15)11-12-5-3-10-17-12/h2-5,10H,6-9,11H2,1H3. The molecule has 1 aromatic heterocycles. The summed E-state index contributed by atoms with van der Waals surface area (Å²) in [6.45, 7) is 6.53. The summed E-state index contributed by atoms with van der Waals surface area (Å²) in [5.74, 6) is 0.142. The van der Waals surface area contributed by atoms with Gasteiger partial charge in [0.2, 0.25) is 5.91 Å². The van der Waals surface area contributed by atoms with Crippen LogP contribution in [0, 0.1) is 0 Å². The van der Waals surface area contributed by atoms with E-state index in [2.05, 4.69) is 22.4 Å². The lowest BCUT2D eigenvalue weighted by atomic mass is 10.3. The molecule has 0 N–H and O–H groups in total. The lowest BCUT2D eigenvalue weighted by Crippen LogP contribution is -2.47. The molecular weight excluding hydrogens is 232 g/mol. The van der Waals surface area contributed by atoms with E-state index in [4.69, 9.17) is 0 Å². The zero-order valence-corrected chi connectivity index (χ0v) is 10.9. The van der Waals surface area contributed by atoms with Gasteiger partial charge in [-0.1, -0.05) is 12.1 Å². The SMILES string of the molecule is CC=CC(=O)N1CCN(Cc2cccs2)CC1. The smallest absolute Gasteiger partial charge is 0.246 e. The number of hydrogen-bond acceptors (Lipinski definition) is 3. The summed E-state index contributed by atoms with van der Waals surface area (Å²) in [5.41, 5.74) is 0. The van der Waals surface area contributed by atoms with Crippen molar-refractivity contribution in [1.82, 2.24) is 9.80 Å². The van der Waals surface area contributed by atoms with Crippen LogP contribution >= 0.6 is 11.3 Å². The van der Waals surface area contributed by atoms with Crippen molar-refractivity contribution in [1.29, 1.82) is 0 Å². The van der Waals surface area contributed by atoms with E-state index >= 15 is 0 Å². The van der Waals surface area contributed by atoms with Gasteiger partial charge in [0.25, 0.3) is 0 Å². The van der Waals surface area contributed by atoms with Gasteiger partial charge in [-0.2, -0.15) is 0 Å². The number of carbonyl (C=O) groups excluding carboxylic acids is 1. The number of hydrogen-bond donors (Lipinski definition) is 0. The van der Waals surface area contributed by atoms with Crippen LogP contribution in [0.15, 0.2) is 29.7 Å². The van der Waals surface area contributed by atoms with E-state index in [1.54, 1.807) is 23.5 Å². The summed E-state index contributed by atoms with van der Waals surface area (Å²) < 4.78 is 0. The van der Waals surface area contributed by atoms with Crippen molar-refractivity contribution < 1.29 is 4.79 Å². The first-order chi connectivity index (χ1) is 8.29. The topological polar surface area (TPSA) is 23.6 Å². The lowest BCUT2D eigenvalue weighted by Gasteiger charge is -2.33. The molecule has 1 aliphatic heterocycles. The molecule has 2 heterocycles. The van der Waals surface area contributed by atoms with Crippen LogP contribution in [0.5, 0.6) is 0 Å². The van der Waals surface area contributed by atoms with Crippen LogP contribution in [0.1, 0.15) is 11.8 Å². The zero-order valence-electron chi connectivity index (χ0n) is 10.1. The molecule has 0 saturated carbocycles. The molecule has 3 nitrogen and oxygen atoms in total. The average Bonchev–Trinajstić information content (AvgIpc) is 2.83. The van der Waals surface area contributed by atoms with Gasteiger partial charge in [0.1, 0.15) is 0 Å². The minimum Gasteiger partial charge on any atom is -0.337 e. The predicted molar refractivity (Wildman–Crippen MR) is 71.0 cm³/mol. The number of allylic oxidation sites excluding steroid dienone is 1. The highest BCUT2D eigenvalue weighted by Gasteiger charge is 2.19. The Morgan fingerprint density at radius 2 is 2.18 bits per heavy atom. The summed E-state index contributed by atoms with van der Waals surface area (Å²) in [7, 11) is 0. The molecular formula is C13H18N2OS. The summed E-state index contributed by atoms with van der Waals surface area (Å²) in [4.78, 5) is 17.4. The fourth-order valence-corrected chi connectivity index (χ4v) is 2.74. The largest absolute Gasteiger partial charge is 0.337 e. The first kappa shape index (κ1) is 12.3. The molecule has 1 saturated heterocycles. The van der Waals surface area contributed by atoms with E-state index in [9.17, 15) is 4.79 Å². The van der Waals surface area contributed by atoms with Crippen LogP contribution in [-0.4, -0.2) is 41.9 Å². The third kappa shape index (κ3) is 3.41. The highest BCUT2D eigenvalue weighted by molar-refractivity contribution is 7.09. The van der Waals surface area contributed by atoms with Crippen LogP contribution in [0.4, 0.5) is 0 Å². The molecule has 0 bridgehead atoms. The molecule has 0 unspecified atom stereocenters. The van der Waals surface area contributed by atoms with Crippen molar-refractivity contribution in [2.45, 2.75) is 13.5 Å². The normalized spacial score (nSPS) is 17.8. The summed E-state index contributed by atoms with van der Waals surface area (Å²) >= 11 is 1.80. The summed E-state index contributed by atoms with van der Waals surface area (Å²) in [5, 5.41) is 2.11. The first-order valence-electron chi connectivity index (χ1n) is 5.96. The van der Waals surface area contributed by atoms with Crippen molar-refractivity contribution in [3.8, 4) is 0 Å². The Morgan fingerprint density at radius 3 is 2.76 bits per heavy atom. The van der Waals surface area contributed by atoms with Gasteiger partial charge >= 0.3 is 0 Å². The lowest BCUT2D eigenvalue weighted by molar-refractivity contribution is -0.127. The molecule has 0 spiro atoms. The molecule has 1 aliphatic rings. The van der Waals surface area contributed by atoms with E-state index in [1.807, 2.05) is 11.8 Å². The van der Waals surface area contributed by atoms with Gasteiger partial charge in [0, 0.05) is 37.6 Å². The second-order valence-electron chi connectivity index (χ2n) is 4.18. The van der Waals surface area contributed by atoms with Crippen LogP contribution in [-0.2, 0) is 11.3 Å². The van der Waals surface area contributed by atoms with Gasteiger partial charge in [-0.05, 0) is 24.4 Å². The molecule has 0 aromatic carbocycles. The molecule has 0 aliphatic carbocycles. The second-order valence-corrected chi connectivity index (χ2v) is 5.21. The van der Waals surface area contributed by atoms with Gasteiger partial charge in [-0.15, -0.1) is 11.3 Å². The molecule has 1 amide bonds. The molecule has 0 atom stereocenters.